The van der Waals surface area contributed by atoms with Crippen LogP contribution in [0.2, 0.25) is 10.0 Å². The molecule has 0 aliphatic heterocycles. The third-order valence-electron chi connectivity index (χ3n) is 3.09. The largest absolute Gasteiger partial charge is 0.456 e. The minimum absolute atomic E-state index is 0.111. The van der Waals surface area contributed by atoms with E-state index in [1.165, 1.54) is 22.7 Å². The maximum Gasteiger partial charge on any atom is 0.338 e. The lowest BCUT2D eigenvalue weighted by Gasteiger charge is -2.06. The summed E-state index contributed by atoms with van der Waals surface area (Å²) in [5.74, 6) is -0.536. The summed E-state index contributed by atoms with van der Waals surface area (Å²) in [6.07, 6.45) is 1.48. The molecule has 23 heavy (non-hydrogen) atoms. The van der Waals surface area contributed by atoms with E-state index >= 15 is 0 Å². The van der Waals surface area contributed by atoms with Crippen LogP contribution in [0.25, 0.3) is 5.65 Å². The fourth-order valence-corrected chi connectivity index (χ4v) is 2.39. The standard InChI is InChI=1S/C16H10Cl2N2O3/c17-11-3-1-2-10(6-11)16(22)23-9-13-7-15(21)20-8-12(18)4-5-14(20)19-13/h1-8H,9H2. The van der Waals surface area contributed by atoms with E-state index in [9.17, 15) is 9.59 Å². The lowest BCUT2D eigenvalue weighted by Crippen LogP contribution is -2.16. The molecule has 5 nitrogen and oxygen atoms in total. The molecule has 0 aliphatic rings. The Kier molecular flexibility index (Phi) is 4.32. The van der Waals surface area contributed by atoms with Crippen molar-refractivity contribution in [2.75, 3.05) is 0 Å². The Labute approximate surface area is 141 Å². The monoisotopic (exact) mass is 348 g/mol. The molecule has 0 saturated heterocycles. The molecule has 0 unspecified atom stereocenters. The highest BCUT2D eigenvalue weighted by atomic mass is 35.5. The van der Waals surface area contributed by atoms with Gasteiger partial charge in [-0.05, 0) is 30.3 Å². The summed E-state index contributed by atoms with van der Waals surface area (Å²) in [5.41, 5.74) is 0.816. The normalized spacial score (nSPS) is 10.7. The van der Waals surface area contributed by atoms with Gasteiger partial charge in [-0.2, -0.15) is 0 Å². The van der Waals surface area contributed by atoms with E-state index in [0.717, 1.165) is 0 Å². The summed E-state index contributed by atoms with van der Waals surface area (Å²) < 4.78 is 6.49. The summed E-state index contributed by atoms with van der Waals surface area (Å²) in [5, 5.41) is 0.875. The molecule has 3 rings (SSSR count). The minimum atomic E-state index is -0.536. The average Bonchev–Trinajstić information content (AvgIpc) is 2.53. The van der Waals surface area contributed by atoms with Crippen LogP contribution >= 0.6 is 23.2 Å². The van der Waals surface area contributed by atoms with Gasteiger partial charge < -0.3 is 4.74 Å². The molecule has 0 N–H and O–H groups in total. The molecule has 3 aromatic rings. The molecule has 1 aromatic carbocycles. The van der Waals surface area contributed by atoms with E-state index in [1.807, 2.05) is 0 Å². The molecule has 0 bridgehead atoms. The molecule has 2 heterocycles. The lowest BCUT2D eigenvalue weighted by atomic mass is 10.2. The number of fused-ring (bicyclic) bond motifs is 1. The predicted octanol–water partition coefficient (Wildman–Crippen LogP) is 3.36. The van der Waals surface area contributed by atoms with Crippen molar-refractivity contribution in [3.63, 3.8) is 0 Å². The van der Waals surface area contributed by atoms with Crippen molar-refractivity contribution >= 4 is 34.8 Å². The SMILES string of the molecule is O=C(OCc1cc(=O)n2cc(Cl)ccc2n1)c1cccc(Cl)c1. The van der Waals surface area contributed by atoms with Gasteiger partial charge in [-0.3, -0.25) is 9.20 Å². The van der Waals surface area contributed by atoms with Crippen molar-refractivity contribution in [2.24, 2.45) is 0 Å². The van der Waals surface area contributed by atoms with E-state index < -0.39 is 5.97 Å². The Morgan fingerprint density at radius 1 is 1.13 bits per heavy atom. The van der Waals surface area contributed by atoms with Gasteiger partial charge in [-0.25, -0.2) is 9.78 Å². The van der Waals surface area contributed by atoms with Gasteiger partial charge in [0.05, 0.1) is 16.3 Å². The molecular weight excluding hydrogens is 339 g/mol. The Bertz CT molecular complexity index is 953. The van der Waals surface area contributed by atoms with E-state index in [4.69, 9.17) is 27.9 Å². The van der Waals surface area contributed by atoms with E-state index in [1.54, 1.807) is 30.3 Å². The third-order valence-corrected chi connectivity index (χ3v) is 3.55. The van der Waals surface area contributed by atoms with Crippen LogP contribution in [0.1, 0.15) is 16.1 Å². The molecule has 0 fully saturated rings. The number of hydrogen-bond donors (Lipinski definition) is 0. The number of rotatable bonds is 3. The van der Waals surface area contributed by atoms with Crippen molar-refractivity contribution < 1.29 is 9.53 Å². The molecule has 0 saturated carbocycles. The van der Waals surface area contributed by atoms with E-state index in [0.29, 0.717) is 26.9 Å². The van der Waals surface area contributed by atoms with Crippen molar-refractivity contribution in [2.45, 2.75) is 6.61 Å². The molecule has 0 aliphatic carbocycles. The third kappa shape index (κ3) is 3.52. The van der Waals surface area contributed by atoms with Gasteiger partial charge in [-0.15, -0.1) is 0 Å². The van der Waals surface area contributed by atoms with E-state index in [-0.39, 0.29) is 12.2 Å². The number of ether oxygens (including phenoxy) is 1. The highest BCUT2D eigenvalue weighted by molar-refractivity contribution is 6.31. The zero-order valence-electron chi connectivity index (χ0n) is 11.7. The summed E-state index contributed by atoms with van der Waals surface area (Å²) in [4.78, 5) is 28.2. The highest BCUT2D eigenvalue weighted by Crippen LogP contribution is 2.13. The Hall–Kier alpha value is -2.37. The lowest BCUT2D eigenvalue weighted by molar-refractivity contribution is 0.0467. The summed E-state index contributed by atoms with van der Waals surface area (Å²) in [6, 6.07) is 11.0. The van der Waals surface area contributed by atoms with Gasteiger partial charge in [-0.1, -0.05) is 29.3 Å². The zero-order valence-corrected chi connectivity index (χ0v) is 13.2. The van der Waals surface area contributed by atoms with Gasteiger partial charge in [0.1, 0.15) is 12.3 Å². The number of nitrogens with zero attached hydrogens (tertiary/aromatic N) is 2. The van der Waals surface area contributed by atoms with Gasteiger partial charge in [0.2, 0.25) is 0 Å². The molecule has 0 atom stereocenters. The Morgan fingerprint density at radius 2 is 1.96 bits per heavy atom. The molecule has 0 amide bonds. The second-order valence-electron chi connectivity index (χ2n) is 4.75. The molecule has 116 valence electrons. The predicted molar refractivity (Wildman–Crippen MR) is 87.0 cm³/mol. The maximum absolute atomic E-state index is 12.0. The number of pyridine rings is 1. The second-order valence-corrected chi connectivity index (χ2v) is 5.62. The fourth-order valence-electron chi connectivity index (χ4n) is 2.04. The summed E-state index contributed by atoms with van der Waals surface area (Å²) in [7, 11) is 0. The number of carbonyl (C=O) groups excluding carboxylic acids is 1. The number of esters is 1. The van der Waals surface area contributed by atoms with Crippen LogP contribution in [0, 0.1) is 0 Å². The van der Waals surface area contributed by atoms with Crippen LogP contribution in [-0.2, 0) is 11.3 Å². The zero-order chi connectivity index (χ0) is 16.4. The molecule has 0 spiro atoms. The summed E-state index contributed by atoms with van der Waals surface area (Å²) in [6.45, 7) is -0.111. The summed E-state index contributed by atoms with van der Waals surface area (Å²) >= 11 is 11.7. The van der Waals surface area contributed by atoms with Crippen LogP contribution in [0.15, 0.2) is 53.5 Å². The fraction of sp³-hybridized carbons (Fsp3) is 0.0625. The quantitative estimate of drug-likeness (QED) is 0.681. The second kappa shape index (κ2) is 6.40. The van der Waals surface area contributed by atoms with Crippen molar-refractivity contribution in [3.8, 4) is 0 Å². The van der Waals surface area contributed by atoms with Crippen LogP contribution < -0.4 is 5.56 Å². The number of aromatic nitrogens is 2. The number of halogens is 2. The van der Waals surface area contributed by atoms with Crippen LogP contribution in [0.4, 0.5) is 0 Å². The average molecular weight is 349 g/mol. The van der Waals surface area contributed by atoms with Gasteiger partial charge in [0.25, 0.3) is 5.56 Å². The molecule has 0 radical (unpaired) electrons. The number of carbonyl (C=O) groups is 1. The minimum Gasteiger partial charge on any atom is -0.456 e. The van der Waals surface area contributed by atoms with Crippen molar-refractivity contribution in [1.82, 2.24) is 9.38 Å². The van der Waals surface area contributed by atoms with Crippen LogP contribution in [-0.4, -0.2) is 15.4 Å². The molecular formula is C16H10Cl2N2O3. The maximum atomic E-state index is 12.0. The van der Waals surface area contributed by atoms with Gasteiger partial charge >= 0.3 is 5.97 Å². The van der Waals surface area contributed by atoms with Crippen molar-refractivity contribution in [1.29, 1.82) is 0 Å². The van der Waals surface area contributed by atoms with Crippen LogP contribution in [0.3, 0.4) is 0 Å². The number of benzene rings is 1. The first kappa shape index (κ1) is 15.5. The molecule has 7 heteroatoms. The smallest absolute Gasteiger partial charge is 0.338 e. The van der Waals surface area contributed by atoms with Crippen molar-refractivity contribution in [3.05, 3.63) is 80.3 Å². The molecule has 2 aromatic heterocycles. The van der Waals surface area contributed by atoms with Crippen LogP contribution in [0.5, 0.6) is 0 Å². The highest BCUT2D eigenvalue weighted by Gasteiger charge is 2.09. The van der Waals surface area contributed by atoms with E-state index in [2.05, 4.69) is 4.98 Å². The van der Waals surface area contributed by atoms with Gasteiger partial charge in [0, 0.05) is 17.3 Å². The first-order chi connectivity index (χ1) is 11.0. The number of hydrogen-bond acceptors (Lipinski definition) is 4. The Morgan fingerprint density at radius 3 is 2.74 bits per heavy atom. The topological polar surface area (TPSA) is 60.7 Å². The Balaban J connectivity index is 1.81. The first-order valence-electron chi connectivity index (χ1n) is 6.63. The van der Waals surface area contributed by atoms with Gasteiger partial charge in [0.15, 0.2) is 0 Å². The first-order valence-corrected chi connectivity index (χ1v) is 7.39.